The average molecular weight is 605 g/mol. The molecule has 3 aromatic rings. The van der Waals surface area contributed by atoms with Crippen molar-refractivity contribution < 1.29 is 38.7 Å². The van der Waals surface area contributed by atoms with Gasteiger partial charge in [-0.15, -0.1) is 0 Å². The zero-order valence-corrected chi connectivity index (χ0v) is 25.4. The third-order valence-electron chi connectivity index (χ3n) is 9.18. The van der Waals surface area contributed by atoms with E-state index in [0.717, 1.165) is 38.0 Å². The molecular formula is C34H40N2O8. The lowest BCUT2D eigenvalue weighted by atomic mass is 9.64. The number of nitrogens with one attached hydrogen (secondary N) is 1. The predicted octanol–water partition coefficient (Wildman–Crippen LogP) is 3.41. The van der Waals surface area contributed by atoms with Crippen LogP contribution in [0.3, 0.4) is 0 Å². The van der Waals surface area contributed by atoms with E-state index in [1.54, 1.807) is 20.3 Å². The smallest absolute Gasteiger partial charge is 0.231 e. The van der Waals surface area contributed by atoms with Crippen LogP contribution in [0.25, 0.3) is 0 Å². The van der Waals surface area contributed by atoms with Crippen LogP contribution in [0.1, 0.15) is 46.3 Å². The van der Waals surface area contributed by atoms with Crippen molar-refractivity contribution in [2.75, 3.05) is 54.4 Å². The minimum Gasteiger partial charge on any atom is -0.493 e. The van der Waals surface area contributed by atoms with Crippen LogP contribution in [0.5, 0.6) is 28.7 Å². The zero-order valence-electron chi connectivity index (χ0n) is 25.4. The molecule has 0 spiro atoms. The molecule has 0 saturated heterocycles. The average Bonchev–Trinajstić information content (AvgIpc) is 3.52. The SMILES string of the molecule is COc1cc([C@@H]2c3cc4c(cc3[C@H](O)[C@@H](CO)[C@@H]2C(=O)NCCCN2CCc3ccccc3C2)OCO4)cc(OC)c1OC. The molecule has 0 unspecified atom stereocenters. The second-order valence-electron chi connectivity index (χ2n) is 11.5. The van der Waals surface area contributed by atoms with E-state index in [-0.39, 0.29) is 19.3 Å². The first-order valence-corrected chi connectivity index (χ1v) is 15.1. The van der Waals surface area contributed by atoms with E-state index in [1.165, 1.54) is 18.2 Å². The van der Waals surface area contributed by atoms with Gasteiger partial charge in [-0.25, -0.2) is 0 Å². The van der Waals surface area contributed by atoms with Gasteiger partial charge in [-0.05, 0) is 64.9 Å². The molecule has 4 atom stereocenters. The van der Waals surface area contributed by atoms with Gasteiger partial charge in [0.1, 0.15) is 0 Å². The number of aliphatic hydroxyl groups is 2. The number of fused-ring (bicyclic) bond motifs is 3. The van der Waals surface area contributed by atoms with Gasteiger partial charge in [0.2, 0.25) is 18.4 Å². The molecule has 0 fully saturated rings. The first-order chi connectivity index (χ1) is 21.5. The lowest BCUT2D eigenvalue weighted by Crippen LogP contribution is -2.46. The molecule has 10 heteroatoms. The molecule has 1 amide bonds. The minimum absolute atomic E-state index is 0.0686. The number of nitrogens with zero attached hydrogens (tertiary/aromatic N) is 1. The Morgan fingerprint density at radius 2 is 1.66 bits per heavy atom. The van der Waals surface area contributed by atoms with Crippen LogP contribution in [0.15, 0.2) is 48.5 Å². The van der Waals surface area contributed by atoms with Gasteiger partial charge in [0, 0.05) is 44.6 Å². The Balaban J connectivity index is 1.29. The van der Waals surface area contributed by atoms with Gasteiger partial charge in [0.25, 0.3) is 0 Å². The fourth-order valence-electron chi connectivity index (χ4n) is 6.97. The summed E-state index contributed by atoms with van der Waals surface area (Å²) in [6.45, 7) is 2.90. The molecule has 2 heterocycles. The van der Waals surface area contributed by atoms with Crippen molar-refractivity contribution in [3.8, 4) is 28.7 Å². The standard InChI is InChI=1S/C34H40N2O8/c1-40-28-13-22(14-29(41-2)33(28)42-3)30-23-15-26-27(44-19-43-26)16-24(23)32(38)25(18-37)31(30)34(39)35-10-6-11-36-12-9-20-7-4-5-8-21(20)17-36/h4-5,7-8,13-16,25,30-32,37-38H,6,9-12,17-19H2,1-3H3,(H,35,39)/t25-,30+,31-,32-/m0/s1. The number of hydrogen-bond acceptors (Lipinski definition) is 9. The molecule has 3 N–H and O–H groups in total. The number of hydrogen-bond donors (Lipinski definition) is 3. The van der Waals surface area contributed by atoms with Gasteiger partial charge in [-0.2, -0.15) is 0 Å². The van der Waals surface area contributed by atoms with E-state index in [1.807, 2.05) is 18.2 Å². The maximum Gasteiger partial charge on any atom is 0.231 e. The van der Waals surface area contributed by atoms with Gasteiger partial charge < -0.3 is 39.2 Å². The van der Waals surface area contributed by atoms with E-state index in [4.69, 9.17) is 23.7 Å². The van der Waals surface area contributed by atoms with Crippen LogP contribution in [-0.2, 0) is 17.8 Å². The fraction of sp³-hybridized carbons (Fsp3) is 0.441. The third kappa shape index (κ3) is 5.53. The van der Waals surface area contributed by atoms with Crippen molar-refractivity contribution >= 4 is 5.91 Å². The summed E-state index contributed by atoms with van der Waals surface area (Å²) >= 11 is 0. The molecule has 1 aliphatic carbocycles. The lowest BCUT2D eigenvalue weighted by molar-refractivity contribution is -0.131. The largest absolute Gasteiger partial charge is 0.493 e. The highest BCUT2D eigenvalue weighted by molar-refractivity contribution is 5.82. The summed E-state index contributed by atoms with van der Waals surface area (Å²) in [5.74, 6) is 0.000730. The minimum atomic E-state index is -1.09. The van der Waals surface area contributed by atoms with Crippen LogP contribution in [0.4, 0.5) is 0 Å². The number of benzene rings is 3. The van der Waals surface area contributed by atoms with E-state index in [0.29, 0.717) is 46.4 Å². The number of carbonyl (C=O) groups is 1. The summed E-state index contributed by atoms with van der Waals surface area (Å²) in [7, 11) is 4.62. The van der Waals surface area contributed by atoms with Gasteiger partial charge in [0.05, 0.1) is 33.4 Å². The first kappa shape index (κ1) is 30.1. The third-order valence-corrected chi connectivity index (χ3v) is 9.18. The van der Waals surface area contributed by atoms with Gasteiger partial charge in [0.15, 0.2) is 23.0 Å². The van der Waals surface area contributed by atoms with Gasteiger partial charge >= 0.3 is 0 Å². The molecule has 2 aliphatic heterocycles. The Labute approximate surface area is 257 Å². The molecule has 3 aromatic carbocycles. The maximum atomic E-state index is 14.1. The lowest BCUT2D eigenvalue weighted by Gasteiger charge is -2.41. The summed E-state index contributed by atoms with van der Waals surface area (Å²) in [5, 5.41) is 25.3. The van der Waals surface area contributed by atoms with Gasteiger partial charge in [-0.1, -0.05) is 24.3 Å². The molecule has 0 aromatic heterocycles. The Morgan fingerprint density at radius 1 is 0.977 bits per heavy atom. The van der Waals surface area contributed by atoms with Crippen LogP contribution in [0, 0.1) is 11.8 Å². The number of rotatable bonds is 10. The Morgan fingerprint density at radius 3 is 2.32 bits per heavy atom. The number of carbonyl (C=O) groups excluding carboxylic acids is 1. The Hall–Kier alpha value is -3.99. The molecule has 0 bridgehead atoms. The van der Waals surface area contributed by atoms with E-state index in [9.17, 15) is 15.0 Å². The highest BCUT2D eigenvalue weighted by Crippen LogP contribution is 2.53. The van der Waals surface area contributed by atoms with E-state index >= 15 is 0 Å². The monoisotopic (exact) mass is 604 g/mol. The molecule has 3 aliphatic rings. The topological polar surface area (TPSA) is 119 Å². The Bertz CT molecular complexity index is 1490. The maximum absolute atomic E-state index is 14.1. The number of ether oxygens (including phenoxy) is 5. The zero-order chi connectivity index (χ0) is 30.8. The first-order valence-electron chi connectivity index (χ1n) is 15.1. The highest BCUT2D eigenvalue weighted by Gasteiger charge is 2.47. The number of aliphatic hydroxyl groups excluding tert-OH is 2. The van der Waals surface area contributed by atoms with E-state index < -0.39 is 23.9 Å². The van der Waals surface area contributed by atoms with Crippen molar-refractivity contribution in [1.29, 1.82) is 0 Å². The van der Waals surface area contributed by atoms with Crippen molar-refractivity contribution in [2.24, 2.45) is 11.8 Å². The highest BCUT2D eigenvalue weighted by atomic mass is 16.7. The van der Waals surface area contributed by atoms with Crippen LogP contribution in [0.2, 0.25) is 0 Å². The number of methoxy groups -OCH3 is 3. The van der Waals surface area contributed by atoms with Crippen molar-refractivity contribution in [2.45, 2.75) is 31.4 Å². The second kappa shape index (κ2) is 12.9. The summed E-state index contributed by atoms with van der Waals surface area (Å²) in [4.78, 5) is 16.5. The van der Waals surface area contributed by atoms with Crippen molar-refractivity contribution in [3.05, 3.63) is 76.3 Å². The summed E-state index contributed by atoms with van der Waals surface area (Å²) in [6.07, 6.45) is 0.707. The van der Waals surface area contributed by atoms with Crippen LogP contribution in [-0.4, -0.2) is 75.4 Å². The normalized spacial score (nSPS) is 22.1. The predicted molar refractivity (Wildman–Crippen MR) is 163 cm³/mol. The second-order valence-corrected chi connectivity index (χ2v) is 11.5. The van der Waals surface area contributed by atoms with Gasteiger partial charge in [-0.3, -0.25) is 9.69 Å². The molecule has 10 nitrogen and oxygen atoms in total. The fourth-order valence-corrected chi connectivity index (χ4v) is 6.97. The molecular weight excluding hydrogens is 564 g/mol. The summed E-state index contributed by atoms with van der Waals surface area (Å²) in [5.41, 5.74) is 4.78. The summed E-state index contributed by atoms with van der Waals surface area (Å²) in [6, 6.07) is 15.8. The molecule has 44 heavy (non-hydrogen) atoms. The molecule has 0 radical (unpaired) electrons. The molecule has 234 valence electrons. The van der Waals surface area contributed by atoms with Crippen LogP contribution < -0.4 is 29.0 Å². The quantitative estimate of drug-likeness (QED) is 0.299. The molecule has 0 saturated carbocycles. The van der Waals surface area contributed by atoms with E-state index in [2.05, 4.69) is 34.5 Å². The molecule has 6 rings (SSSR count). The van der Waals surface area contributed by atoms with Crippen molar-refractivity contribution in [3.63, 3.8) is 0 Å². The number of amides is 1. The summed E-state index contributed by atoms with van der Waals surface area (Å²) < 4.78 is 28.1. The van der Waals surface area contributed by atoms with Crippen LogP contribution >= 0.6 is 0 Å². The van der Waals surface area contributed by atoms with Crippen molar-refractivity contribution in [1.82, 2.24) is 10.2 Å². The Kier molecular flexibility index (Phi) is 8.83.